The molecule has 7 heteroatoms. The van der Waals surface area contributed by atoms with Gasteiger partial charge in [-0.05, 0) is 36.4 Å². The molecule has 6 nitrogen and oxygen atoms in total. The van der Waals surface area contributed by atoms with Crippen molar-refractivity contribution in [3.63, 3.8) is 0 Å². The van der Waals surface area contributed by atoms with Crippen molar-refractivity contribution in [2.45, 2.75) is 24.5 Å². The molecular weight excluding hydrogens is 304 g/mol. The molecule has 1 saturated carbocycles. The number of carbonyl (C=O) groups is 2. The molecule has 22 heavy (non-hydrogen) atoms. The molecule has 0 saturated heterocycles. The topological polar surface area (TPSA) is 91.6 Å². The first-order valence-corrected chi connectivity index (χ1v) is 7.86. The largest absolute Gasteiger partial charge is 0.466 e. The van der Waals surface area contributed by atoms with Crippen LogP contribution in [0.3, 0.4) is 0 Å². The lowest BCUT2D eigenvalue weighted by Gasteiger charge is -2.25. The van der Waals surface area contributed by atoms with Crippen LogP contribution in [0, 0.1) is 0 Å². The van der Waals surface area contributed by atoms with Gasteiger partial charge in [0.1, 0.15) is 5.76 Å². The minimum absolute atomic E-state index is 0.111. The molecule has 0 radical (unpaired) electrons. The fourth-order valence-corrected chi connectivity index (χ4v) is 2.92. The van der Waals surface area contributed by atoms with Gasteiger partial charge in [-0.3, -0.25) is 9.59 Å². The van der Waals surface area contributed by atoms with Crippen molar-refractivity contribution in [3.8, 4) is 0 Å². The Bertz CT molecular complexity index is 613. The molecule has 116 valence electrons. The standard InChI is InChI=1S/C15H16N2O4S/c18-13(14(19)17-10-5-6-10)16-9-15(20,11-3-1-7-21-11)12-4-2-8-22-12/h1-4,7-8,10,20H,5-6,9H2,(H,16,18)(H,17,19). The van der Waals surface area contributed by atoms with Crippen molar-refractivity contribution in [2.24, 2.45) is 0 Å². The lowest BCUT2D eigenvalue weighted by molar-refractivity contribution is -0.139. The van der Waals surface area contributed by atoms with E-state index >= 15 is 0 Å². The lowest BCUT2D eigenvalue weighted by Crippen LogP contribution is -2.47. The number of furan rings is 1. The monoisotopic (exact) mass is 320 g/mol. The van der Waals surface area contributed by atoms with Gasteiger partial charge in [-0.2, -0.15) is 0 Å². The van der Waals surface area contributed by atoms with E-state index in [1.807, 2.05) is 5.38 Å². The number of aliphatic hydroxyl groups is 1. The zero-order chi connectivity index (χ0) is 15.6. The zero-order valence-corrected chi connectivity index (χ0v) is 12.6. The molecular formula is C15H16N2O4S. The van der Waals surface area contributed by atoms with Gasteiger partial charge in [0, 0.05) is 10.9 Å². The van der Waals surface area contributed by atoms with Gasteiger partial charge in [-0.1, -0.05) is 6.07 Å². The van der Waals surface area contributed by atoms with Crippen LogP contribution in [-0.4, -0.2) is 29.5 Å². The smallest absolute Gasteiger partial charge is 0.309 e. The highest BCUT2D eigenvalue weighted by Crippen LogP contribution is 2.32. The summed E-state index contributed by atoms with van der Waals surface area (Å²) in [4.78, 5) is 24.1. The molecule has 1 unspecified atom stereocenters. The number of thiophene rings is 1. The highest BCUT2D eigenvalue weighted by Gasteiger charge is 2.37. The summed E-state index contributed by atoms with van der Waals surface area (Å²) in [5.41, 5.74) is -1.49. The van der Waals surface area contributed by atoms with E-state index in [0.717, 1.165) is 12.8 Å². The normalized spacial score (nSPS) is 16.8. The van der Waals surface area contributed by atoms with Crippen LogP contribution in [0.25, 0.3) is 0 Å². The van der Waals surface area contributed by atoms with Crippen LogP contribution >= 0.6 is 11.3 Å². The van der Waals surface area contributed by atoms with E-state index in [2.05, 4.69) is 10.6 Å². The van der Waals surface area contributed by atoms with E-state index in [0.29, 0.717) is 10.6 Å². The Kier molecular flexibility index (Phi) is 4.00. The molecule has 2 amide bonds. The highest BCUT2D eigenvalue weighted by atomic mass is 32.1. The summed E-state index contributed by atoms with van der Waals surface area (Å²) < 4.78 is 5.29. The molecule has 1 aliphatic rings. The Morgan fingerprint density at radius 2 is 2.14 bits per heavy atom. The quantitative estimate of drug-likeness (QED) is 0.716. The van der Waals surface area contributed by atoms with Gasteiger partial charge >= 0.3 is 11.8 Å². The maximum absolute atomic E-state index is 11.8. The molecule has 1 aliphatic carbocycles. The fourth-order valence-electron chi connectivity index (χ4n) is 2.09. The maximum atomic E-state index is 11.8. The van der Waals surface area contributed by atoms with Gasteiger partial charge < -0.3 is 20.2 Å². The summed E-state index contributed by atoms with van der Waals surface area (Å²) in [5.74, 6) is -1.11. The Labute approximate surface area is 131 Å². The van der Waals surface area contributed by atoms with Crippen LogP contribution in [0.2, 0.25) is 0 Å². The van der Waals surface area contributed by atoms with E-state index in [1.165, 1.54) is 17.6 Å². The van der Waals surface area contributed by atoms with Crippen LogP contribution in [0.1, 0.15) is 23.5 Å². The number of carbonyl (C=O) groups excluding carboxylic acids is 2. The Morgan fingerprint density at radius 3 is 2.73 bits per heavy atom. The summed E-state index contributed by atoms with van der Waals surface area (Å²) in [7, 11) is 0. The van der Waals surface area contributed by atoms with Gasteiger partial charge in [0.15, 0.2) is 5.60 Å². The minimum Gasteiger partial charge on any atom is -0.466 e. The second-order valence-electron chi connectivity index (χ2n) is 5.25. The van der Waals surface area contributed by atoms with Crippen molar-refractivity contribution in [2.75, 3.05) is 6.54 Å². The molecule has 2 aromatic rings. The van der Waals surface area contributed by atoms with Gasteiger partial charge in [0.05, 0.1) is 12.8 Å². The third kappa shape index (κ3) is 3.05. The maximum Gasteiger partial charge on any atom is 0.309 e. The van der Waals surface area contributed by atoms with E-state index in [-0.39, 0.29) is 12.6 Å². The van der Waals surface area contributed by atoms with E-state index in [9.17, 15) is 14.7 Å². The average molecular weight is 320 g/mol. The summed E-state index contributed by atoms with van der Waals surface area (Å²) >= 11 is 1.35. The molecule has 2 heterocycles. The van der Waals surface area contributed by atoms with E-state index in [1.54, 1.807) is 24.3 Å². The van der Waals surface area contributed by atoms with Crippen molar-refractivity contribution >= 4 is 23.2 Å². The molecule has 1 atom stereocenters. The molecule has 1 fully saturated rings. The highest BCUT2D eigenvalue weighted by molar-refractivity contribution is 7.10. The summed E-state index contributed by atoms with van der Waals surface area (Å²) in [5, 5.41) is 17.8. The lowest BCUT2D eigenvalue weighted by atomic mass is 9.98. The molecule has 3 rings (SSSR count). The van der Waals surface area contributed by atoms with Crippen LogP contribution in [0.4, 0.5) is 0 Å². The van der Waals surface area contributed by atoms with Crippen LogP contribution in [0.15, 0.2) is 40.3 Å². The molecule has 0 aliphatic heterocycles. The van der Waals surface area contributed by atoms with Crippen LogP contribution < -0.4 is 10.6 Å². The Morgan fingerprint density at radius 1 is 1.32 bits per heavy atom. The van der Waals surface area contributed by atoms with E-state index < -0.39 is 17.4 Å². The molecule has 0 spiro atoms. The Balaban J connectivity index is 1.71. The second kappa shape index (κ2) is 5.94. The molecule has 3 N–H and O–H groups in total. The van der Waals surface area contributed by atoms with Crippen LogP contribution in [0.5, 0.6) is 0 Å². The van der Waals surface area contributed by atoms with Crippen molar-refractivity contribution in [1.29, 1.82) is 0 Å². The van der Waals surface area contributed by atoms with Crippen molar-refractivity contribution in [3.05, 3.63) is 46.5 Å². The summed E-state index contributed by atoms with van der Waals surface area (Å²) in [6.07, 6.45) is 3.27. The first-order valence-electron chi connectivity index (χ1n) is 6.98. The zero-order valence-electron chi connectivity index (χ0n) is 11.7. The number of rotatable bonds is 5. The van der Waals surface area contributed by atoms with Gasteiger partial charge in [-0.15, -0.1) is 11.3 Å². The third-order valence-corrected chi connectivity index (χ3v) is 4.50. The Hall–Kier alpha value is -2.12. The summed E-state index contributed by atoms with van der Waals surface area (Å²) in [6.45, 7) is -0.141. The number of hydrogen-bond acceptors (Lipinski definition) is 5. The molecule has 0 aromatic carbocycles. The number of hydrogen-bond donors (Lipinski definition) is 3. The van der Waals surface area contributed by atoms with E-state index in [4.69, 9.17) is 4.42 Å². The first kappa shape index (κ1) is 14.8. The third-order valence-electron chi connectivity index (χ3n) is 3.48. The van der Waals surface area contributed by atoms with Gasteiger partial charge in [-0.25, -0.2) is 0 Å². The van der Waals surface area contributed by atoms with Crippen LogP contribution in [-0.2, 0) is 15.2 Å². The predicted octanol–water partition coefficient (Wildman–Crippen LogP) is 0.972. The van der Waals surface area contributed by atoms with Gasteiger partial charge in [0.2, 0.25) is 0 Å². The predicted molar refractivity (Wildman–Crippen MR) is 80.2 cm³/mol. The van der Waals surface area contributed by atoms with Crippen molar-refractivity contribution in [1.82, 2.24) is 10.6 Å². The molecule has 0 bridgehead atoms. The SMILES string of the molecule is O=C(NCC(O)(c1ccco1)c1cccs1)C(=O)NC1CC1. The summed E-state index contributed by atoms with van der Waals surface area (Å²) in [6, 6.07) is 6.96. The number of nitrogens with one attached hydrogen (secondary N) is 2. The minimum atomic E-state index is -1.49. The molecule has 2 aromatic heterocycles. The average Bonchev–Trinajstić information content (AvgIpc) is 3.03. The fraction of sp³-hybridized carbons (Fsp3) is 0.333. The van der Waals surface area contributed by atoms with Gasteiger partial charge in [0.25, 0.3) is 0 Å². The number of amides is 2. The van der Waals surface area contributed by atoms with Crippen molar-refractivity contribution < 1.29 is 19.1 Å². The second-order valence-corrected chi connectivity index (χ2v) is 6.19. The first-order chi connectivity index (χ1) is 10.6.